The van der Waals surface area contributed by atoms with E-state index in [0.717, 1.165) is 24.8 Å². The first-order valence-corrected chi connectivity index (χ1v) is 7.02. The minimum absolute atomic E-state index is 0.369. The van der Waals surface area contributed by atoms with Crippen LogP contribution in [0.2, 0.25) is 0 Å². The Morgan fingerprint density at radius 2 is 1.84 bits per heavy atom. The maximum atomic E-state index is 10.3. The molecule has 0 aliphatic rings. The van der Waals surface area contributed by atoms with Gasteiger partial charge in [0.1, 0.15) is 0 Å². The first-order chi connectivity index (χ1) is 9.20. The second-order valence-corrected chi connectivity index (χ2v) is 5.08. The van der Waals surface area contributed by atoms with Crippen LogP contribution in [-0.4, -0.2) is 5.11 Å². The van der Waals surface area contributed by atoms with Gasteiger partial charge in [-0.1, -0.05) is 55.5 Å². The van der Waals surface area contributed by atoms with Crippen molar-refractivity contribution in [2.24, 2.45) is 0 Å². The predicted molar refractivity (Wildman–Crippen MR) is 80.3 cm³/mol. The van der Waals surface area contributed by atoms with E-state index in [2.05, 4.69) is 50.2 Å². The van der Waals surface area contributed by atoms with Crippen molar-refractivity contribution in [3.05, 3.63) is 70.8 Å². The van der Waals surface area contributed by atoms with E-state index in [-0.39, 0.29) is 6.10 Å². The second-order valence-electron chi connectivity index (χ2n) is 5.08. The van der Waals surface area contributed by atoms with Crippen LogP contribution >= 0.6 is 0 Å². The van der Waals surface area contributed by atoms with E-state index in [0.29, 0.717) is 0 Å². The highest BCUT2D eigenvalue weighted by atomic mass is 16.3. The molecule has 0 heterocycles. The molecule has 0 saturated carbocycles. The number of rotatable bonds is 5. The fourth-order valence-electron chi connectivity index (χ4n) is 2.37. The van der Waals surface area contributed by atoms with Gasteiger partial charge in [-0.05, 0) is 48.4 Å². The summed E-state index contributed by atoms with van der Waals surface area (Å²) < 4.78 is 0. The van der Waals surface area contributed by atoms with Crippen molar-refractivity contribution in [3.63, 3.8) is 0 Å². The van der Waals surface area contributed by atoms with E-state index in [9.17, 15) is 5.11 Å². The molecule has 0 aliphatic heterocycles. The lowest BCUT2D eigenvalue weighted by atomic mass is 9.97. The Morgan fingerprint density at radius 3 is 2.58 bits per heavy atom. The van der Waals surface area contributed by atoms with Gasteiger partial charge in [-0.3, -0.25) is 0 Å². The minimum atomic E-state index is -0.369. The van der Waals surface area contributed by atoms with Gasteiger partial charge in [0, 0.05) is 0 Å². The summed E-state index contributed by atoms with van der Waals surface area (Å²) in [5, 5.41) is 10.3. The van der Waals surface area contributed by atoms with Crippen molar-refractivity contribution >= 4 is 0 Å². The molecule has 1 unspecified atom stereocenters. The van der Waals surface area contributed by atoms with Crippen LogP contribution in [0.15, 0.2) is 48.5 Å². The number of benzene rings is 2. The van der Waals surface area contributed by atoms with Crippen LogP contribution in [0.25, 0.3) is 0 Å². The van der Waals surface area contributed by atoms with Crippen molar-refractivity contribution < 1.29 is 5.11 Å². The highest BCUT2D eigenvalue weighted by Gasteiger charge is 2.08. The van der Waals surface area contributed by atoms with Gasteiger partial charge in [0.05, 0.1) is 6.10 Å². The van der Waals surface area contributed by atoms with Gasteiger partial charge >= 0.3 is 0 Å². The van der Waals surface area contributed by atoms with Crippen molar-refractivity contribution in [2.75, 3.05) is 0 Å². The molecule has 0 aliphatic carbocycles. The van der Waals surface area contributed by atoms with E-state index >= 15 is 0 Å². The summed E-state index contributed by atoms with van der Waals surface area (Å²) in [4.78, 5) is 0. The van der Waals surface area contributed by atoms with Gasteiger partial charge in [-0.25, -0.2) is 0 Å². The van der Waals surface area contributed by atoms with E-state index in [1.165, 1.54) is 16.7 Å². The fraction of sp³-hybridized carbons (Fsp3) is 0.333. The van der Waals surface area contributed by atoms with Crippen molar-refractivity contribution in [1.29, 1.82) is 0 Å². The summed E-state index contributed by atoms with van der Waals surface area (Å²) in [5.41, 5.74) is 4.95. The Bertz CT molecular complexity index is 531. The molecule has 1 heteroatoms. The van der Waals surface area contributed by atoms with E-state index < -0.39 is 0 Å². The maximum Gasteiger partial charge on any atom is 0.0793 e. The Morgan fingerprint density at radius 1 is 1.05 bits per heavy atom. The SMILES string of the molecule is CCc1cccc(C(O)CCc2ccccc2C)c1. The molecule has 2 rings (SSSR count). The molecule has 1 N–H and O–H groups in total. The summed E-state index contributed by atoms with van der Waals surface area (Å²) in [5.74, 6) is 0. The molecule has 19 heavy (non-hydrogen) atoms. The highest BCUT2D eigenvalue weighted by molar-refractivity contribution is 5.27. The third kappa shape index (κ3) is 3.68. The molecule has 0 saturated heterocycles. The monoisotopic (exact) mass is 254 g/mol. The van der Waals surface area contributed by atoms with Gasteiger partial charge in [-0.2, -0.15) is 0 Å². The molecule has 0 fully saturated rings. The Balaban J connectivity index is 2.01. The molecule has 2 aromatic rings. The van der Waals surface area contributed by atoms with Crippen LogP contribution in [0.3, 0.4) is 0 Å². The Hall–Kier alpha value is -1.60. The second kappa shape index (κ2) is 6.53. The number of aryl methyl sites for hydroxylation is 3. The first-order valence-electron chi connectivity index (χ1n) is 7.02. The quantitative estimate of drug-likeness (QED) is 0.847. The zero-order chi connectivity index (χ0) is 13.7. The molecule has 0 aromatic heterocycles. The third-order valence-corrected chi connectivity index (χ3v) is 3.69. The molecule has 100 valence electrons. The summed E-state index contributed by atoms with van der Waals surface area (Å²) in [6, 6.07) is 16.7. The highest BCUT2D eigenvalue weighted by Crippen LogP contribution is 2.21. The molecule has 0 bridgehead atoms. The normalized spacial score (nSPS) is 12.4. The van der Waals surface area contributed by atoms with Gasteiger partial charge in [0.15, 0.2) is 0 Å². The molecule has 0 amide bonds. The topological polar surface area (TPSA) is 20.2 Å². The molecule has 1 nitrogen and oxygen atoms in total. The summed E-state index contributed by atoms with van der Waals surface area (Å²) in [6.07, 6.45) is 2.34. The summed E-state index contributed by atoms with van der Waals surface area (Å²) in [6.45, 7) is 4.26. The smallest absolute Gasteiger partial charge is 0.0793 e. The van der Waals surface area contributed by atoms with Crippen molar-refractivity contribution in [3.8, 4) is 0 Å². The molecule has 2 aromatic carbocycles. The number of hydrogen-bond donors (Lipinski definition) is 1. The fourth-order valence-corrected chi connectivity index (χ4v) is 2.37. The largest absolute Gasteiger partial charge is 0.388 e. The van der Waals surface area contributed by atoms with Gasteiger partial charge in [-0.15, -0.1) is 0 Å². The van der Waals surface area contributed by atoms with Crippen LogP contribution in [0, 0.1) is 6.92 Å². The van der Waals surface area contributed by atoms with E-state index in [1.807, 2.05) is 12.1 Å². The zero-order valence-electron chi connectivity index (χ0n) is 11.8. The Kier molecular flexibility index (Phi) is 4.75. The lowest BCUT2D eigenvalue weighted by molar-refractivity contribution is 0.167. The predicted octanol–water partition coefficient (Wildman–Crippen LogP) is 4.22. The van der Waals surface area contributed by atoms with Gasteiger partial charge < -0.3 is 5.11 Å². The van der Waals surface area contributed by atoms with Crippen molar-refractivity contribution in [2.45, 2.75) is 39.2 Å². The molecular weight excluding hydrogens is 232 g/mol. The van der Waals surface area contributed by atoms with Crippen LogP contribution in [0.1, 0.15) is 41.7 Å². The number of aliphatic hydroxyl groups excluding tert-OH is 1. The van der Waals surface area contributed by atoms with Crippen LogP contribution < -0.4 is 0 Å². The van der Waals surface area contributed by atoms with Gasteiger partial charge in [0.25, 0.3) is 0 Å². The summed E-state index contributed by atoms with van der Waals surface area (Å²) >= 11 is 0. The Labute approximate surface area is 115 Å². The van der Waals surface area contributed by atoms with Crippen LogP contribution in [0.4, 0.5) is 0 Å². The van der Waals surface area contributed by atoms with E-state index in [4.69, 9.17) is 0 Å². The minimum Gasteiger partial charge on any atom is -0.388 e. The molecular formula is C18H22O. The van der Waals surface area contributed by atoms with Crippen LogP contribution in [-0.2, 0) is 12.8 Å². The lowest BCUT2D eigenvalue weighted by Crippen LogP contribution is -2.01. The molecule has 0 spiro atoms. The third-order valence-electron chi connectivity index (χ3n) is 3.69. The molecule has 0 radical (unpaired) electrons. The number of hydrogen-bond acceptors (Lipinski definition) is 1. The lowest BCUT2D eigenvalue weighted by Gasteiger charge is -2.13. The van der Waals surface area contributed by atoms with Gasteiger partial charge in [0.2, 0.25) is 0 Å². The zero-order valence-corrected chi connectivity index (χ0v) is 11.8. The average Bonchev–Trinajstić information content (AvgIpc) is 2.46. The first kappa shape index (κ1) is 13.8. The van der Waals surface area contributed by atoms with Crippen molar-refractivity contribution in [1.82, 2.24) is 0 Å². The molecule has 1 atom stereocenters. The maximum absolute atomic E-state index is 10.3. The number of aliphatic hydroxyl groups is 1. The average molecular weight is 254 g/mol. The van der Waals surface area contributed by atoms with E-state index in [1.54, 1.807) is 0 Å². The standard InChI is InChI=1S/C18H22O/c1-3-15-8-6-10-17(13-15)18(19)12-11-16-9-5-4-7-14(16)2/h4-10,13,18-19H,3,11-12H2,1-2H3. The van der Waals surface area contributed by atoms with Crippen LogP contribution in [0.5, 0.6) is 0 Å². The summed E-state index contributed by atoms with van der Waals surface area (Å²) in [7, 11) is 0.